The average molecular weight is 325 g/mol. The van der Waals surface area contributed by atoms with Crippen LogP contribution in [0.5, 0.6) is 0 Å². The van der Waals surface area contributed by atoms with E-state index in [1.807, 2.05) is 0 Å². The number of rotatable bonds is 6. The number of benzene rings is 1. The number of aryl methyl sites for hydroxylation is 1. The number of amides is 1. The van der Waals surface area contributed by atoms with E-state index in [0.717, 1.165) is 18.7 Å². The van der Waals surface area contributed by atoms with Gasteiger partial charge in [0, 0.05) is 29.1 Å². The molecule has 110 valence electrons. The summed E-state index contributed by atoms with van der Waals surface area (Å²) >= 11 is 11.9. The fourth-order valence-corrected chi connectivity index (χ4v) is 2.05. The Morgan fingerprint density at radius 3 is 3.00 bits per heavy atom. The monoisotopic (exact) mass is 324 g/mol. The summed E-state index contributed by atoms with van der Waals surface area (Å²) in [5.41, 5.74) is 0.709. The van der Waals surface area contributed by atoms with Crippen molar-refractivity contribution in [3.63, 3.8) is 0 Å². The van der Waals surface area contributed by atoms with Crippen molar-refractivity contribution in [1.82, 2.24) is 20.5 Å². The number of aromatic nitrogens is 3. The van der Waals surface area contributed by atoms with Crippen molar-refractivity contribution in [2.24, 2.45) is 0 Å². The van der Waals surface area contributed by atoms with E-state index in [1.54, 1.807) is 24.3 Å². The standard InChI is InChI=1S/C14H14Cl2N4O/c15-11-4-5-12(16)10(8-11)3-6-14(21)17-7-1-2-13-18-9-19-20-13/h3-6,8-9H,1-2,7H2,(H,17,21)(H,18,19,20). The maximum Gasteiger partial charge on any atom is 0.244 e. The maximum atomic E-state index is 11.7. The van der Waals surface area contributed by atoms with E-state index >= 15 is 0 Å². The predicted octanol–water partition coefficient (Wildman–Crippen LogP) is 2.87. The molecule has 2 N–H and O–H groups in total. The number of halogens is 2. The van der Waals surface area contributed by atoms with Crippen LogP contribution in [-0.2, 0) is 11.2 Å². The summed E-state index contributed by atoms with van der Waals surface area (Å²) in [6.07, 6.45) is 6.06. The third-order valence-corrected chi connectivity index (χ3v) is 3.31. The smallest absolute Gasteiger partial charge is 0.244 e. The maximum absolute atomic E-state index is 11.7. The highest BCUT2D eigenvalue weighted by Crippen LogP contribution is 2.21. The van der Waals surface area contributed by atoms with Crippen LogP contribution in [0.1, 0.15) is 17.8 Å². The lowest BCUT2D eigenvalue weighted by molar-refractivity contribution is -0.116. The Hall–Kier alpha value is -1.85. The van der Waals surface area contributed by atoms with Crippen LogP contribution >= 0.6 is 23.2 Å². The van der Waals surface area contributed by atoms with Crippen molar-refractivity contribution in [1.29, 1.82) is 0 Å². The van der Waals surface area contributed by atoms with Crippen molar-refractivity contribution < 1.29 is 4.79 Å². The molecule has 1 amide bonds. The lowest BCUT2D eigenvalue weighted by Gasteiger charge is -2.01. The molecule has 2 aromatic rings. The zero-order valence-corrected chi connectivity index (χ0v) is 12.7. The molecule has 0 spiro atoms. The van der Waals surface area contributed by atoms with Gasteiger partial charge in [-0.2, -0.15) is 5.10 Å². The molecule has 0 radical (unpaired) electrons. The minimum atomic E-state index is -0.177. The fourth-order valence-electron chi connectivity index (χ4n) is 1.69. The summed E-state index contributed by atoms with van der Waals surface area (Å²) in [6, 6.07) is 5.10. The Morgan fingerprint density at radius 2 is 2.24 bits per heavy atom. The molecule has 2 rings (SSSR count). The minimum Gasteiger partial charge on any atom is -0.353 e. The van der Waals surface area contributed by atoms with Gasteiger partial charge in [0.1, 0.15) is 12.2 Å². The van der Waals surface area contributed by atoms with Crippen molar-refractivity contribution >= 4 is 35.2 Å². The Kier molecular flexibility index (Phi) is 5.78. The van der Waals surface area contributed by atoms with Crippen LogP contribution in [0.25, 0.3) is 6.08 Å². The molecule has 0 unspecified atom stereocenters. The molecule has 7 heteroatoms. The number of hydrogen-bond donors (Lipinski definition) is 2. The SMILES string of the molecule is O=C(C=Cc1cc(Cl)ccc1Cl)NCCCc1ncn[nH]1. The van der Waals surface area contributed by atoms with Crippen molar-refractivity contribution in [3.8, 4) is 0 Å². The van der Waals surface area contributed by atoms with Gasteiger partial charge in [0.05, 0.1) is 0 Å². The number of nitrogens with zero attached hydrogens (tertiary/aromatic N) is 2. The molecule has 0 aliphatic carbocycles. The fraction of sp³-hybridized carbons (Fsp3) is 0.214. The lowest BCUT2D eigenvalue weighted by atomic mass is 10.2. The van der Waals surface area contributed by atoms with E-state index in [1.165, 1.54) is 12.4 Å². The van der Waals surface area contributed by atoms with Gasteiger partial charge in [-0.1, -0.05) is 23.2 Å². The quantitative estimate of drug-likeness (QED) is 0.634. The highest BCUT2D eigenvalue weighted by atomic mass is 35.5. The summed E-state index contributed by atoms with van der Waals surface area (Å²) in [5, 5.41) is 10.4. The zero-order valence-electron chi connectivity index (χ0n) is 11.1. The topological polar surface area (TPSA) is 70.7 Å². The average Bonchev–Trinajstić information content (AvgIpc) is 2.98. The molecular formula is C14H14Cl2N4O. The summed E-state index contributed by atoms with van der Waals surface area (Å²) in [6.45, 7) is 0.563. The first kappa shape index (κ1) is 15.5. The van der Waals surface area contributed by atoms with Crippen LogP contribution in [0.4, 0.5) is 0 Å². The summed E-state index contributed by atoms with van der Waals surface area (Å²) < 4.78 is 0. The van der Waals surface area contributed by atoms with Gasteiger partial charge in [-0.3, -0.25) is 9.89 Å². The van der Waals surface area contributed by atoms with Crippen LogP contribution in [0.15, 0.2) is 30.6 Å². The third kappa shape index (κ3) is 5.21. The number of nitrogens with one attached hydrogen (secondary N) is 2. The largest absolute Gasteiger partial charge is 0.353 e. The van der Waals surface area contributed by atoms with E-state index in [9.17, 15) is 4.79 Å². The molecule has 0 atom stereocenters. The molecule has 0 fully saturated rings. The van der Waals surface area contributed by atoms with Crippen LogP contribution in [0, 0.1) is 0 Å². The van der Waals surface area contributed by atoms with E-state index in [2.05, 4.69) is 20.5 Å². The first-order valence-corrected chi connectivity index (χ1v) is 7.16. The lowest BCUT2D eigenvalue weighted by Crippen LogP contribution is -2.22. The van der Waals surface area contributed by atoms with Crippen LogP contribution in [0.2, 0.25) is 10.0 Å². The highest BCUT2D eigenvalue weighted by molar-refractivity contribution is 6.34. The van der Waals surface area contributed by atoms with E-state index in [0.29, 0.717) is 22.2 Å². The second-order valence-electron chi connectivity index (χ2n) is 4.33. The molecule has 1 aromatic heterocycles. The van der Waals surface area contributed by atoms with Crippen LogP contribution in [-0.4, -0.2) is 27.6 Å². The molecule has 0 saturated heterocycles. The summed E-state index contributed by atoms with van der Waals surface area (Å²) in [7, 11) is 0. The number of aromatic amines is 1. The van der Waals surface area contributed by atoms with Gasteiger partial charge in [0.2, 0.25) is 5.91 Å². The van der Waals surface area contributed by atoms with Crippen molar-refractivity contribution in [2.75, 3.05) is 6.54 Å². The molecule has 5 nitrogen and oxygen atoms in total. The number of carbonyl (C=O) groups excluding carboxylic acids is 1. The normalized spacial score (nSPS) is 11.0. The molecule has 1 heterocycles. The second kappa shape index (κ2) is 7.81. The van der Waals surface area contributed by atoms with Gasteiger partial charge >= 0.3 is 0 Å². The summed E-state index contributed by atoms with van der Waals surface area (Å²) in [4.78, 5) is 15.7. The molecular weight excluding hydrogens is 311 g/mol. The number of H-pyrrole nitrogens is 1. The highest BCUT2D eigenvalue weighted by Gasteiger charge is 2.00. The van der Waals surface area contributed by atoms with E-state index < -0.39 is 0 Å². The molecule has 0 bridgehead atoms. The molecule has 21 heavy (non-hydrogen) atoms. The van der Waals surface area contributed by atoms with Crippen molar-refractivity contribution in [2.45, 2.75) is 12.8 Å². The van der Waals surface area contributed by atoms with Gasteiger partial charge < -0.3 is 5.32 Å². The van der Waals surface area contributed by atoms with Gasteiger partial charge in [0.25, 0.3) is 0 Å². The van der Waals surface area contributed by atoms with Crippen LogP contribution in [0.3, 0.4) is 0 Å². The molecule has 0 aliphatic heterocycles. The second-order valence-corrected chi connectivity index (χ2v) is 5.17. The predicted molar refractivity (Wildman–Crippen MR) is 83.2 cm³/mol. The van der Waals surface area contributed by atoms with Crippen molar-refractivity contribution in [3.05, 3.63) is 52.0 Å². The Balaban J connectivity index is 1.76. The summed E-state index contributed by atoms with van der Waals surface area (Å²) in [5.74, 6) is 0.633. The number of carbonyl (C=O) groups is 1. The zero-order chi connectivity index (χ0) is 15.1. The minimum absolute atomic E-state index is 0.177. The number of hydrogen-bond acceptors (Lipinski definition) is 3. The van der Waals surface area contributed by atoms with Gasteiger partial charge in [0.15, 0.2) is 0 Å². The van der Waals surface area contributed by atoms with E-state index in [4.69, 9.17) is 23.2 Å². The molecule has 0 aliphatic rings. The molecule has 1 aromatic carbocycles. The Morgan fingerprint density at radius 1 is 1.38 bits per heavy atom. The third-order valence-electron chi connectivity index (χ3n) is 2.73. The Bertz CT molecular complexity index is 626. The van der Waals surface area contributed by atoms with E-state index in [-0.39, 0.29) is 5.91 Å². The Labute approximate surface area is 132 Å². The van der Waals surface area contributed by atoms with Gasteiger partial charge in [-0.15, -0.1) is 0 Å². The first-order valence-electron chi connectivity index (χ1n) is 6.40. The van der Waals surface area contributed by atoms with Crippen LogP contribution < -0.4 is 5.32 Å². The van der Waals surface area contributed by atoms with Gasteiger partial charge in [-0.25, -0.2) is 4.98 Å². The first-order chi connectivity index (χ1) is 10.1. The van der Waals surface area contributed by atoms with Gasteiger partial charge in [-0.05, 0) is 36.3 Å². The molecule has 0 saturated carbocycles.